The average Bonchev–Trinajstić information content (AvgIpc) is 2.35. The molecule has 0 spiro atoms. The summed E-state index contributed by atoms with van der Waals surface area (Å²) in [5.74, 6) is 3.19. The van der Waals surface area contributed by atoms with Gasteiger partial charge in [-0.1, -0.05) is 25.4 Å². The first-order valence-electron chi connectivity index (χ1n) is 5.99. The monoisotopic (exact) mass is 350 g/mol. The van der Waals surface area contributed by atoms with Crippen LogP contribution in [0.15, 0.2) is 4.47 Å². The molecule has 1 aromatic heterocycles. The Morgan fingerprint density at radius 1 is 1.50 bits per heavy atom. The standard InChI is InChI=1S/C12H16BrClN2OS/c1-7(2)5-8-10(13)11(14)16-12(15-8)9-6-18-4-3-17-9/h7,9H,3-6H2,1-2H3. The quantitative estimate of drug-likeness (QED) is 0.774. The minimum Gasteiger partial charge on any atom is -0.368 e. The summed E-state index contributed by atoms with van der Waals surface area (Å²) in [6.07, 6.45) is 0.857. The second-order valence-electron chi connectivity index (χ2n) is 4.67. The van der Waals surface area contributed by atoms with Gasteiger partial charge in [-0.2, -0.15) is 11.8 Å². The highest BCUT2D eigenvalue weighted by atomic mass is 79.9. The first-order chi connectivity index (χ1) is 8.58. The molecular weight excluding hydrogens is 336 g/mol. The second kappa shape index (κ2) is 6.55. The highest BCUT2D eigenvalue weighted by Gasteiger charge is 2.22. The Bertz CT molecular complexity index is 425. The van der Waals surface area contributed by atoms with E-state index in [1.165, 1.54) is 0 Å². The summed E-state index contributed by atoms with van der Waals surface area (Å²) in [5, 5.41) is 0.481. The Kier molecular flexibility index (Phi) is 5.30. The summed E-state index contributed by atoms with van der Waals surface area (Å²) in [6.45, 7) is 5.08. The Labute approximate surface area is 125 Å². The molecule has 0 bridgehead atoms. The van der Waals surface area contributed by atoms with Crippen molar-refractivity contribution in [3.63, 3.8) is 0 Å². The minimum absolute atomic E-state index is 0.0275. The fourth-order valence-electron chi connectivity index (χ4n) is 1.78. The smallest absolute Gasteiger partial charge is 0.160 e. The molecule has 1 fully saturated rings. The molecule has 0 aromatic carbocycles. The molecular formula is C12H16BrClN2OS. The van der Waals surface area contributed by atoms with Crippen LogP contribution in [0.2, 0.25) is 5.15 Å². The van der Waals surface area contributed by atoms with Crippen LogP contribution < -0.4 is 0 Å². The van der Waals surface area contributed by atoms with Crippen LogP contribution in [0.1, 0.15) is 31.5 Å². The van der Waals surface area contributed by atoms with E-state index in [4.69, 9.17) is 16.3 Å². The van der Waals surface area contributed by atoms with Crippen LogP contribution in [0.25, 0.3) is 0 Å². The zero-order chi connectivity index (χ0) is 13.1. The summed E-state index contributed by atoms with van der Waals surface area (Å²) in [7, 11) is 0. The largest absolute Gasteiger partial charge is 0.368 e. The molecule has 1 aliphatic rings. The molecule has 0 N–H and O–H groups in total. The van der Waals surface area contributed by atoms with Gasteiger partial charge in [0, 0.05) is 11.5 Å². The number of thioether (sulfide) groups is 1. The van der Waals surface area contributed by atoms with E-state index in [9.17, 15) is 0 Å². The van der Waals surface area contributed by atoms with Crippen molar-refractivity contribution in [3.05, 3.63) is 21.1 Å². The number of nitrogens with zero attached hydrogens (tertiary/aromatic N) is 2. The van der Waals surface area contributed by atoms with Crippen LogP contribution >= 0.6 is 39.3 Å². The van der Waals surface area contributed by atoms with E-state index >= 15 is 0 Å². The van der Waals surface area contributed by atoms with Crippen molar-refractivity contribution in [1.82, 2.24) is 9.97 Å². The van der Waals surface area contributed by atoms with E-state index in [-0.39, 0.29) is 6.10 Å². The van der Waals surface area contributed by atoms with Crippen molar-refractivity contribution in [3.8, 4) is 0 Å². The maximum absolute atomic E-state index is 6.16. The lowest BCUT2D eigenvalue weighted by molar-refractivity contribution is 0.0692. The SMILES string of the molecule is CC(C)Cc1nc(C2CSCCO2)nc(Cl)c1Br. The Morgan fingerprint density at radius 2 is 2.28 bits per heavy atom. The molecule has 2 rings (SSSR count). The van der Waals surface area contributed by atoms with Crippen molar-refractivity contribution in [2.45, 2.75) is 26.4 Å². The van der Waals surface area contributed by atoms with Gasteiger partial charge >= 0.3 is 0 Å². The second-order valence-corrected chi connectivity index (χ2v) is 6.97. The van der Waals surface area contributed by atoms with Crippen molar-refractivity contribution in [2.75, 3.05) is 18.1 Å². The molecule has 100 valence electrons. The maximum Gasteiger partial charge on any atom is 0.160 e. The number of aromatic nitrogens is 2. The molecule has 1 aromatic rings. The zero-order valence-electron chi connectivity index (χ0n) is 10.4. The number of hydrogen-bond acceptors (Lipinski definition) is 4. The molecule has 3 nitrogen and oxygen atoms in total. The van der Waals surface area contributed by atoms with Crippen LogP contribution in [-0.2, 0) is 11.2 Å². The van der Waals surface area contributed by atoms with Gasteiger partial charge in [0.25, 0.3) is 0 Å². The van der Waals surface area contributed by atoms with Gasteiger partial charge in [-0.3, -0.25) is 0 Å². The summed E-state index contributed by atoms with van der Waals surface area (Å²) in [4.78, 5) is 8.95. The molecule has 0 amide bonds. The molecule has 0 aliphatic carbocycles. The minimum atomic E-state index is -0.0275. The summed E-state index contributed by atoms with van der Waals surface area (Å²) >= 11 is 11.5. The number of rotatable bonds is 3. The van der Waals surface area contributed by atoms with Crippen LogP contribution in [0.3, 0.4) is 0 Å². The van der Waals surface area contributed by atoms with E-state index in [1.807, 2.05) is 11.8 Å². The fourth-order valence-corrected chi connectivity index (χ4v) is 3.16. The van der Waals surface area contributed by atoms with Gasteiger partial charge in [0.05, 0.1) is 16.8 Å². The number of ether oxygens (including phenoxy) is 1. The first-order valence-corrected chi connectivity index (χ1v) is 8.31. The fraction of sp³-hybridized carbons (Fsp3) is 0.667. The molecule has 0 radical (unpaired) electrons. The highest BCUT2D eigenvalue weighted by Crippen LogP contribution is 2.30. The Morgan fingerprint density at radius 3 is 2.89 bits per heavy atom. The third-order valence-electron chi connectivity index (χ3n) is 2.60. The van der Waals surface area contributed by atoms with Crippen LogP contribution in [0, 0.1) is 5.92 Å². The van der Waals surface area contributed by atoms with Gasteiger partial charge < -0.3 is 4.74 Å². The van der Waals surface area contributed by atoms with Gasteiger partial charge in [0.2, 0.25) is 0 Å². The van der Waals surface area contributed by atoms with Crippen LogP contribution in [-0.4, -0.2) is 28.1 Å². The third kappa shape index (κ3) is 3.59. The van der Waals surface area contributed by atoms with E-state index in [0.717, 1.165) is 34.7 Å². The molecule has 1 aliphatic heterocycles. The topological polar surface area (TPSA) is 35.0 Å². The summed E-state index contributed by atoms with van der Waals surface area (Å²) in [5.41, 5.74) is 0.971. The van der Waals surface area contributed by atoms with Crippen molar-refractivity contribution in [1.29, 1.82) is 0 Å². The lowest BCUT2D eigenvalue weighted by Gasteiger charge is -2.22. The normalized spacial score (nSPS) is 20.4. The van der Waals surface area contributed by atoms with Crippen LogP contribution in [0.4, 0.5) is 0 Å². The van der Waals surface area contributed by atoms with Gasteiger partial charge in [0.15, 0.2) is 5.82 Å². The third-order valence-corrected chi connectivity index (χ3v) is 4.93. The van der Waals surface area contributed by atoms with Crippen molar-refractivity contribution in [2.24, 2.45) is 5.92 Å². The predicted molar refractivity (Wildman–Crippen MR) is 79.3 cm³/mol. The van der Waals surface area contributed by atoms with E-state index in [1.54, 1.807) is 0 Å². The molecule has 0 saturated carbocycles. The summed E-state index contributed by atoms with van der Waals surface area (Å²) < 4.78 is 6.51. The molecule has 2 heterocycles. The summed E-state index contributed by atoms with van der Waals surface area (Å²) in [6, 6.07) is 0. The lowest BCUT2D eigenvalue weighted by atomic mass is 10.1. The molecule has 1 saturated heterocycles. The van der Waals surface area contributed by atoms with Crippen LogP contribution in [0.5, 0.6) is 0 Å². The lowest BCUT2D eigenvalue weighted by Crippen LogP contribution is -2.19. The first kappa shape index (κ1) is 14.6. The van der Waals surface area contributed by atoms with Gasteiger partial charge in [-0.15, -0.1) is 0 Å². The zero-order valence-corrected chi connectivity index (χ0v) is 13.6. The predicted octanol–water partition coefficient (Wildman–Crippen LogP) is 3.90. The average molecular weight is 352 g/mol. The van der Waals surface area contributed by atoms with Gasteiger partial charge in [0.1, 0.15) is 11.3 Å². The number of halogens is 2. The molecule has 6 heteroatoms. The molecule has 18 heavy (non-hydrogen) atoms. The van der Waals surface area contributed by atoms with E-state index in [2.05, 4.69) is 39.7 Å². The van der Waals surface area contributed by atoms with E-state index < -0.39 is 0 Å². The number of hydrogen-bond donors (Lipinski definition) is 0. The van der Waals surface area contributed by atoms with E-state index in [0.29, 0.717) is 16.9 Å². The van der Waals surface area contributed by atoms with Gasteiger partial charge in [-0.25, -0.2) is 9.97 Å². The molecule has 1 atom stereocenters. The van der Waals surface area contributed by atoms with Crippen molar-refractivity contribution < 1.29 is 4.74 Å². The Hall–Kier alpha value is 0.160. The maximum atomic E-state index is 6.16. The highest BCUT2D eigenvalue weighted by molar-refractivity contribution is 9.10. The van der Waals surface area contributed by atoms with Crippen molar-refractivity contribution >= 4 is 39.3 Å². The van der Waals surface area contributed by atoms with Gasteiger partial charge in [-0.05, 0) is 28.3 Å². The molecule has 1 unspecified atom stereocenters. The Balaban J connectivity index is 2.27.